The van der Waals surface area contributed by atoms with Crippen molar-refractivity contribution in [1.29, 1.82) is 0 Å². The molecule has 1 aliphatic rings. The lowest BCUT2D eigenvalue weighted by Gasteiger charge is -2.42. The third-order valence-electron chi connectivity index (χ3n) is 4.65. The largest absolute Gasteiger partial charge is 0.312 e. The number of likely N-dealkylation sites (N-methyl/N-ethyl adjacent to an activating group) is 1. The first-order valence-corrected chi connectivity index (χ1v) is 8.63. The molecule has 0 aliphatic carbocycles. The van der Waals surface area contributed by atoms with E-state index in [1.807, 2.05) is 12.1 Å². The van der Waals surface area contributed by atoms with E-state index in [4.69, 9.17) is 23.2 Å². The summed E-state index contributed by atoms with van der Waals surface area (Å²) in [5, 5.41) is 4.93. The summed E-state index contributed by atoms with van der Waals surface area (Å²) in [6, 6.07) is 6.37. The molecule has 0 aromatic heterocycles. The molecule has 1 atom stereocenters. The Labute approximate surface area is 138 Å². The van der Waals surface area contributed by atoms with Crippen molar-refractivity contribution in [2.45, 2.75) is 51.6 Å². The van der Waals surface area contributed by atoms with E-state index in [0.717, 1.165) is 13.0 Å². The number of benzene rings is 1. The molecule has 0 spiro atoms. The number of nitrogens with one attached hydrogen (secondary N) is 1. The highest BCUT2D eigenvalue weighted by Gasteiger charge is 2.36. The van der Waals surface area contributed by atoms with Crippen LogP contribution in [0.4, 0.5) is 0 Å². The lowest BCUT2D eigenvalue weighted by atomic mass is 9.87. The van der Waals surface area contributed by atoms with Crippen LogP contribution in [0.3, 0.4) is 0 Å². The fraction of sp³-hybridized carbons (Fsp3) is 0.647. The summed E-state index contributed by atoms with van der Waals surface area (Å²) < 4.78 is 0. The number of nitrogens with zero attached hydrogens (tertiary/aromatic N) is 1. The van der Waals surface area contributed by atoms with E-state index in [1.54, 1.807) is 0 Å². The number of hydrogen-bond acceptors (Lipinski definition) is 2. The van der Waals surface area contributed by atoms with Crippen LogP contribution in [0.1, 0.15) is 39.2 Å². The molecule has 1 aromatic rings. The van der Waals surface area contributed by atoms with Crippen LogP contribution in [-0.2, 0) is 6.42 Å². The fourth-order valence-electron chi connectivity index (χ4n) is 3.23. The average Bonchev–Trinajstić information content (AvgIpc) is 2.97. The lowest BCUT2D eigenvalue weighted by molar-refractivity contribution is 0.107. The molecule has 2 nitrogen and oxygen atoms in total. The molecule has 1 saturated heterocycles. The predicted octanol–water partition coefficient (Wildman–Crippen LogP) is 4.39. The molecular weight excluding hydrogens is 303 g/mol. The van der Waals surface area contributed by atoms with Gasteiger partial charge in [-0.05, 0) is 70.4 Å². The number of likely N-dealkylation sites (tertiary alicyclic amines) is 1. The van der Waals surface area contributed by atoms with Gasteiger partial charge in [0.15, 0.2) is 0 Å². The van der Waals surface area contributed by atoms with Crippen molar-refractivity contribution in [3.05, 3.63) is 33.8 Å². The van der Waals surface area contributed by atoms with E-state index < -0.39 is 0 Å². The zero-order valence-corrected chi connectivity index (χ0v) is 14.8. The van der Waals surface area contributed by atoms with Crippen molar-refractivity contribution in [2.24, 2.45) is 0 Å². The third-order valence-corrected chi connectivity index (χ3v) is 5.39. The van der Waals surface area contributed by atoms with Gasteiger partial charge in [0.05, 0.1) is 10.0 Å². The van der Waals surface area contributed by atoms with Crippen molar-refractivity contribution in [2.75, 3.05) is 19.6 Å². The minimum absolute atomic E-state index is 0.138. The molecule has 0 amide bonds. The second-order valence-corrected chi connectivity index (χ2v) is 7.23. The van der Waals surface area contributed by atoms with Crippen LogP contribution in [0.2, 0.25) is 10.0 Å². The minimum atomic E-state index is 0.138. The first-order chi connectivity index (χ1) is 9.95. The van der Waals surface area contributed by atoms with Crippen molar-refractivity contribution in [3.8, 4) is 0 Å². The maximum absolute atomic E-state index is 6.15. The first-order valence-electron chi connectivity index (χ1n) is 7.87. The SMILES string of the molecule is CCNC(Cc1ccc(Cl)c(Cl)c1)C(C)(C)N1CCCC1. The van der Waals surface area contributed by atoms with Gasteiger partial charge in [0.1, 0.15) is 0 Å². The molecule has 118 valence electrons. The van der Waals surface area contributed by atoms with Gasteiger partial charge in [0.2, 0.25) is 0 Å². The molecule has 1 unspecified atom stereocenters. The van der Waals surface area contributed by atoms with Crippen molar-refractivity contribution in [1.82, 2.24) is 10.2 Å². The quantitative estimate of drug-likeness (QED) is 0.833. The second-order valence-electron chi connectivity index (χ2n) is 6.41. The Morgan fingerprint density at radius 3 is 2.43 bits per heavy atom. The highest BCUT2D eigenvalue weighted by Crippen LogP contribution is 2.28. The summed E-state index contributed by atoms with van der Waals surface area (Å²) in [5.74, 6) is 0. The van der Waals surface area contributed by atoms with Gasteiger partial charge in [-0.2, -0.15) is 0 Å². The Morgan fingerprint density at radius 2 is 1.86 bits per heavy atom. The van der Waals surface area contributed by atoms with Crippen LogP contribution in [0.15, 0.2) is 18.2 Å². The molecule has 0 bridgehead atoms. The van der Waals surface area contributed by atoms with E-state index in [0.29, 0.717) is 16.1 Å². The van der Waals surface area contributed by atoms with E-state index in [2.05, 4.69) is 37.1 Å². The van der Waals surface area contributed by atoms with Crippen molar-refractivity contribution < 1.29 is 0 Å². The van der Waals surface area contributed by atoms with Crippen molar-refractivity contribution in [3.63, 3.8) is 0 Å². The number of hydrogen-bond donors (Lipinski definition) is 1. The van der Waals surface area contributed by atoms with Crippen LogP contribution < -0.4 is 5.32 Å². The molecule has 21 heavy (non-hydrogen) atoms. The fourth-order valence-corrected chi connectivity index (χ4v) is 3.55. The monoisotopic (exact) mass is 328 g/mol. The second kappa shape index (κ2) is 7.32. The molecule has 1 aromatic carbocycles. The maximum Gasteiger partial charge on any atom is 0.0595 e. The molecule has 4 heteroatoms. The highest BCUT2D eigenvalue weighted by molar-refractivity contribution is 6.42. The Bertz CT molecular complexity index is 468. The van der Waals surface area contributed by atoms with Gasteiger partial charge in [-0.15, -0.1) is 0 Å². The normalized spacial score (nSPS) is 18.1. The summed E-state index contributed by atoms with van der Waals surface area (Å²) in [5.41, 5.74) is 1.38. The Balaban J connectivity index is 2.15. The minimum Gasteiger partial charge on any atom is -0.312 e. The summed E-state index contributed by atoms with van der Waals surface area (Å²) in [4.78, 5) is 2.61. The van der Waals surface area contributed by atoms with Gasteiger partial charge in [0.25, 0.3) is 0 Å². The molecule has 0 radical (unpaired) electrons. The summed E-state index contributed by atoms with van der Waals surface area (Å²) in [6.07, 6.45) is 3.60. The molecule has 1 fully saturated rings. The van der Waals surface area contributed by atoms with Crippen molar-refractivity contribution >= 4 is 23.2 Å². The van der Waals surface area contributed by atoms with E-state index in [9.17, 15) is 0 Å². The smallest absolute Gasteiger partial charge is 0.0595 e. The van der Waals surface area contributed by atoms with Gasteiger partial charge in [0, 0.05) is 11.6 Å². The number of halogens is 2. The molecule has 2 rings (SSSR count). The van der Waals surface area contributed by atoms with E-state index in [1.165, 1.54) is 31.5 Å². The van der Waals surface area contributed by atoms with Crippen LogP contribution in [-0.4, -0.2) is 36.1 Å². The Hall–Kier alpha value is -0.280. The molecule has 1 heterocycles. The topological polar surface area (TPSA) is 15.3 Å². The number of rotatable bonds is 6. The lowest BCUT2D eigenvalue weighted by Crippen LogP contribution is -2.57. The average molecular weight is 329 g/mol. The van der Waals surface area contributed by atoms with Gasteiger partial charge in [-0.25, -0.2) is 0 Å². The van der Waals surface area contributed by atoms with E-state index in [-0.39, 0.29) is 5.54 Å². The third kappa shape index (κ3) is 4.13. The zero-order chi connectivity index (χ0) is 15.5. The van der Waals surface area contributed by atoms with Crippen LogP contribution in [0.25, 0.3) is 0 Å². The van der Waals surface area contributed by atoms with Gasteiger partial charge >= 0.3 is 0 Å². The highest BCUT2D eigenvalue weighted by atomic mass is 35.5. The van der Waals surface area contributed by atoms with Crippen LogP contribution in [0.5, 0.6) is 0 Å². The zero-order valence-electron chi connectivity index (χ0n) is 13.3. The summed E-state index contributed by atoms with van der Waals surface area (Å²) >= 11 is 12.2. The molecule has 1 N–H and O–H groups in total. The Kier molecular flexibility index (Phi) is 5.96. The summed E-state index contributed by atoms with van der Waals surface area (Å²) in [6.45, 7) is 10.3. The molecule has 1 aliphatic heterocycles. The maximum atomic E-state index is 6.15. The molecule has 0 saturated carbocycles. The summed E-state index contributed by atoms with van der Waals surface area (Å²) in [7, 11) is 0. The first kappa shape index (κ1) is 17.1. The van der Waals surface area contributed by atoms with Gasteiger partial charge in [-0.1, -0.05) is 36.2 Å². The van der Waals surface area contributed by atoms with Crippen LogP contribution >= 0.6 is 23.2 Å². The van der Waals surface area contributed by atoms with Gasteiger partial charge in [-0.3, -0.25) is 4.90 Å². The van der Waals surface area contributed by atoms with Crippen LogP contribution in [0, 0.1) is 0 Å². The molecular formula is C17H26Cl2N2. The van der Waals surface area contributed by atoms with Gasteiger partial charge < -0.3 is 5.32 Å². The Morgan fingerprint density at radius 1 is 1.19 bits per heavy atom. The van der Waals surface area contributed by atoms with E-state index >= 15 is 0 Å². The predicted molar refractivity (Wildman–Crippen MR) is 92.5 cm³/mol. The standard InChI is InChI=1S/C17H26Cl2N2/c1-4-20-16(17(2,3)21-9-5-6-10-21)12-13-7-8-14(18)15(19)11-13/h7-8,11,16,20H,4-6,9-10,12H2,1-3H3.